The molecule has 0 bridgehead atoms. The van der Waals surface area contributed by atoms with Gasteiger partial charge in [0.2, 0.25) is 0 Å². The molecule has 0 saturated carbocycles. The first-order chi connectivity index (χ1) is 9.02. The molecular weight excluding hydrogens is 244 g/mol. The predicted molar refractivity (Wildman–Crippen MR) is 73.3 cm³/mol. The molecule has 0 aliphatic carbocycles. The van der Waals surface area contributed by atoms with Crippen molar-refractivity contribution in [1.82, 2.24) is 9.78 Å². The molecule has 100 valence electrons. The molecule has 19 heavy (non-hydrogen) atoms. The minimum Gasteiger partial charge on any atom is -0.495 e. The topological polar surface area (TPSA) is 82.2 Å². The van der Waals surface area contributed by atoms with Crippen LogP contribution in [0.5, 0.6) is 5.75 Å². The number of carbonyl (C=O) groups is 1. The Labute approximate surface area is 111 Å². The Bertz CT molecular complexity index is 619. The quantitative estimate of drug-likeness (QED) is 0.821. The maximum Gasteiger partial charge on any atom is 0.259 e. The Morgan fingerprint density at radius 3 is 2.79 bits per heavy atom. The number of anilines is 2. The summed E-state index contributed by atoms with van der Waals surface area (Å²) in [5, 5.41) is 6.82. The molecule has 1 aromatic carbocycles. The zero-order chi connectivity index (χ0) is 14.0. The third-order valence-electron chi connectivity index (χ3n) is 2.97. The summed E-state index contributed by atoms with van der Waals surface area (Å²) in [5.74, 6) is 0.318. The van der Waals surface area contributed by atoms with Crippen LogP contribution in [0.4, 0.5) is 11.4 Å². The van der Waals surface area contributed by atoms with Gasteiger partial charge in [-0.15, -0.1) is 0 Å². The van der Waals surface area contributed by atoms with Gasteiger partial charge in [-0.25, -0.2) is 0 Å². The maximum absolute atomic E-state index is 12.1. The zero-order valence-corrected chi connectivity index (χ0v) is 11.1. The molecule has 0 atom stereocenters. The Morgan fingerprint density at radius 1 is 1.47 bits per heavy atom. The van der Waals surface area contributed by atoms with Gasteiger partial charge in [0.1, 0.15) is 5.75 Å². The number of carbonyl (C=O) groups excluding carboxylic acids is 1. The average molecular weight is 260 g/mol. The highest BCUT2D eigenvalue weighted by atomic mass is 16.5. The highest BCUT2D eigenvalue weighted by Crippen LogP contribution is 2.25. The van der Waals surface area contributed by atoms with Crippen LogP contribution < -0.4 is 15.8 Å². The van der Waals surface area contributed by atoms with Crippen LogP contribution in [0.1, 0.15) is 16.1 Å². The molecule has 1 heterocycles. The van der Waals surface area contributed by atoms with Gasteiger partial charge in [-0.1, -0.05) is 0 Å². The highest BCUT2D eigenvalue weighted by Gasteiger charge is 2.13. The number of methoxy groups -OCH3 is 1. The van der Waals surface area contributed by atoms with Gasteiger partial charge in [-0.05, 0) is 19.1 Å². The number of benzene rings is 1. The van der Waals surface area contributed by atoms with Gasteiger partial charge in [0.15, 0.2) is 0 Å². The Balaban J connectivity index is 2.22. The highest BCUT2D eigenvalue weighted by molar-refractivity contribution is 6.05. The first-order valence-corrected chi connectivity index (χ1v) is 5.76. The molecule has 1 amide bonds. The summed E-state index contributed by atoms with van der Waals surface area (Å²) < 4.78 is 6.76. The van der Waals surface area contributed by atoms with Crippen LogP contribution in [0, 0.1) is 6.92 Å². The number of nitrogens with zero attached hydrogens (tertiary/aromatic N) is 2. The molecule has 2 rings (SSSR count). The van der Waals surface area contributed by atoms with E-state index < -0.39 is 0 Å². The van der Waals surface area contributed by atoms with E-state index in [1.54, 1.807) is 36.1 Å². The number of aromatic nitrogens is 2. The zero-order valence-electron chi connectivity index (χ0n) is 11.1. The van der Waals surface area contributed by atoms with E-state index in [4.69, 9.17) is 10.5 Å². The number of amides is 1. The van der Waals surface area contributed by atoms with E-state index in [1.165, 1.54) is 7.11 Å². The number of nitrogens with two attached hydrogens (primary N) is 1. The maximum atomic E-state index is 12.1. The standard InChI is InChI=1S/C13H16N4O2/c1-8-10(7-15-17(8)2)13(18)16-9-4-5-11(14)12(6-9)19-3/h4-7H,14H2,1-3H3,(H,16,18). The SMILES string of the molecule is COc1cc(NC(=O)c2cnn(C)c2C)ccc1N. The van der Waals surface area contributed by atoms with E-state index in [-0.39, 0.29) is 5.91 Å². The van der Waals surface area contributed by atoms with E-state index in [0.717, 1.165) is 5.69 Å². The van der Waals surface area contributed by atoms with Crippen LogP contribution in [-0.4, -0.2) is 22.8 Å². The Morgan fingerprint density at radius 2 is 2.21 bits per heavy atom. The van der Waals surface area contributed by atoms with Crippen molar-refractivity contribution in [3.05, 3.63) is 35.7 Å². The minimum atomic E-state index is -0.211. The summed E-state index contributed by atoms with van der Waals surface area (Å²) >= 11 is 0. The van der Waals surface area contributed by atoms with Crippen molar-refractivity contribution < 1.29 is 9.53 Å². The molecule has 0 aliphatic heterocycles. The van der Waals surface area contributed by atoms with Gasteiger partial charge >= 0.3 is 0 Å². The largest absolute Gasteiger partial charge is 0.495 e. The van der Waals surface area contributed by atoms with E-state index in [1.807, 2.05) is 6.92 Å². The molecular formula is C13H16N4O2. The third kappa shape index (κ3) is 2.52. The van der Waals surface area contributed by atoms with Gasteiger partial charge < -0.3 is 15.8 Å². The summed E-state index contributed by atoms with van der Waals surface area (Å²) in [6.45, 7) is 1.84. The molecule has 0 aliphatic rings. The lowest BCUT2D eigenvalue weighted by Gasteiger charge is -2.08. The Kier molecular flexibility index (Phi) is 3.41. The lowest BCUT2D eigenvalue weighted by molar-refractivity contribution is 0.102. The van der Waals surface area contributed by atoms with E-state index >= 15 is 0 Å². The lowest BCUT2D eigenvalue weighted by Crippen LogP contribution is -2.13. The lowest BCUT2D eigenvalue weighted by atomic mass is 10.2. The van der Waals surface area contributed by atoms with E-state index in [9.17, 15) is 4.79 Å². The molecule has 6 heteroatoms. The minimum absolute atomic E-state index is 0.211. The van der Waals surface area contributed by atoms with Crippen molar-refractivity contribution in [1.29, 1.82) is 0 Å². The van der Waals surface area contributed by atoms with Gasteiger partial charge in [-0.3, -0.25) is 9.48 Å². The van der Waals surface area contributed by atoms with Crippen molar-refractivity contribution in [2.45, 2.75) is 6.92 Å². The molecule has 0 fully saturated rings. The summed E-state index contributed by atoms with van der Waals surface area (Å²) in [4.78, 5) is 12.1. The second-order valence-corrected chi connectivity index (χ2v) is 4.18. The van der Waals surface area contributed by atoms with Gasteiger partial charge in [0.05, 0.1) is 24.6 Å². The second kappa shape index (κ2) is 5.01. The van der Waals surface area contributed by atoms with E-state index in [0.29, 0.717) is 22.7 Å². The molecule has 0 radical (unpaired) electrons. The Hall–Kier alpha value is -2.50. The second-order valence-electron chi connectivity index (χ2n) is 4.18. The van der Waals surface area contributed by atoms with Crippen LogP contribution in [0.15, 0.2) is 24.4 Å². The average Bonchev–Trinajstić information content (AvgIpc) is 2.72. The van der Waals surface area contributed by atoms with Crippen molar-refractivity contribution >= 4 is 17.3 Å². The summed E-state index contributed by atoms with van der Waals surface area (Å²) in [5.41, 5.74) is 8.21. The summed E-state index contributed by atoms with van der Waals surface area (Å²) in [6, 6.07) is 5.09. The van der Waals surface area contributed by atoms with Gasteiger partial charge in [0.25, 0.3) is 5.91 Å². The fraction of sp³-hybridized carbons (Fsp3) is 0.231. The summed E-state index contributed by atoms with van der Waals surface area (Å²) in [7, 11) is 3.32. The smallest absolute Gasteiger partial charge is 0.259 e. The molecule has 1 aromatic heterocycles. The van der Waals surface area contributed by atoms with Crippen LogP contribution in [0.25, 0.3) is 0 Å². The fourth-order valence-electron chi connectivity index (χ4n) is 1.71. The number of nitrogens with one attached hydrogen (secondary N) is 1. The summed E-state index contributed by atoms with van der Waals surface area (Å²) in [6.07, 6.45) is 1.54. The van der Waals surface area contributed by atoms with Crippen molar-refractivity contribution in [2.24, 2.45) is 7.05 Å². The molecule has 0 spiro atoms. The number of nitrogen functional groups attached to an aromatic ring is 1. The molecule has 6 nitrogen and oxygen atoms in total. The normalized spacial score (nSPS) is 10.3. The number of rotatable bonds is 3. The van der Waals surface area contributed by atoms with Crippen LogP contribution >= 0.6 is 0 Å². The first kappa shape index (κ1) is 12.9. The first-order valence-electron chi connectivity index (χ1n) is 5.76. The van der Waals surface area contributed by atoms with Crippen molar-refractivity contribution in [3.8, 4) is 5.75 Å². The number of hydrogen-bond acceptors (Lipinski definition) is 4. The number of hydrogen-bond donors (Lipinski definition) is 2. The van der Waals surface area contributed by atoms with Crippen LogP contribution in [0.3, 0.4) is 0 Å². The molecule has 2 aromatic rings. The third-order valence-corrected chi connectivity index (χ3v) is 2.97. The van der Waals surface area contributed by atoms with E-state index in [2.05, 4.69) is 10.4 Å². The fourth-order valence-corrected chi connectivity index (χ4v) is 1.71. The van der Waals surface area contributed by atoms with Gasteiger partial charge in [-0.2, -0.15) is 5.10 Å². The van der Waals surface area contributed by atoms with Crippen LogP contribution in [0.2, 0.25) is 0 Å². The molecule has 0 unspecified atom stereocenters. The van der Waals surface area contributed by atoms with Gasteiger partial charge in [0, 0.05) is 24.5 Å². The van der Waals surface area contributed by atoms with Crippen molar-refractivity contribution in [2.75, 3.05) is 18.2 Å². The predicted octanol–water partition coefficient (Wildman–Crippen LogP) is 1.57. The number of aryl methyl sites for hydroxylation is 1. The monoisotopic (exact) mass is 260 g/mol. The molecule has 0 saturated heterocycles. The molecule has 3 N–H and O–H groups in total. The van der Waals surface area contributed by atoms with Crippen LogP contribution in [-0.2, 0) is 7.05 Å². The van der Waals surface area contributed by atoms with Crippen molar-refractivity contribution in [3.63, 3.8) is 0 Å². The number of ether oxygens (including phenoxy) is 1.